The highest BCUT2D eigenvalue weighted by Gasteiger charge is 2.32. The Bertz CT molecular complexity index is 1130. The van der Waals surface area contributed by atoms with E-state index in [4.69, 9.17) is 19.8 Å². The van der Waals surface area contributed by atoms with Gasteiger partial charge in [0.2, 0.25) is 5.91 Å². The van der Waals surface area contributed by atoms with Gasteiger partial charge in [-0.25, -0.2) is 14.6 Å². The SMILES string of the molecule is CCc1nc(N2CCN(C(=O)C3CCC3)CC2)c2c(C)nn(-c3ccc(OC)cc3)c2n1. The summed E-state index contributed by atoms with van der Waals surface area (Å²) < 4.78 is 7.19. The normalized spacial score (nSPS) is 17.0. The predicted octanol–water partition coefficient (Wildman–Crippen LogP) is 3.14. The summed E-state index contributed by atoms with van der Waals surface area (Å²) >= 11 is 0. The summed E-state index contributed by atoms with van der Waals surface area (Å²) in [7, 11) is 1.66. The summed E-state index contributed by atoms with van der Waals surface area (Å²) in [5.41, 5.74) is 2.66. The Morgan fingerprint density at radius 1 is 1.09 bits per heavy atom. The second-order valence-electron chi connectivity index (χ2n) is 8.65. The van der Waals surface area contributed by atoms with Crippen LogP contribution in [-0.2, 0) is 11.2 Å². The fourth-order valence-electron chi connectivity index (χ4n) is 4.55. The lowest BCUT2D eigenvalue weighted by Crippen LogP contribution is -2.51. The van der Waals surface area contributed by atoms with E-state index < -0.39 is 0 Å². The fourth-order valence-corrected chi connectivity index (χ4v) is 4.55. The number of rotatable bonds is 5. The van der Waals surface area contributed by atoms with Crippen LogP contribution in [0.25, 0.3) is 16.7 Å². The zero-order chi connectivity index (χ0) is 22.2. The highest BCUT2D eigenvalue weighted by molar-refractivity contribution is 5.91. The molecule has 0 radical (unpaired) electrons. The zero-order valence-corrected chi connectivity index (χ0v) is 19.0. The van der Waals surface area contributed by atoms with Crippen molar-refractivity contribution in [1.82, 2.24) is 24.6 Å². The van der Waals surface area contributed by atoms with Gasteiger partial charge in [-0.2, -0.15) is 5.10 Å². The molecule has 1 aliphatic heterocycles. The van der Waals surface area contributed by atoms with Gasteiger partial charge >= 0.3 is 0 Å². The monoisotopic (exact) mass is 434 g/mol. The van der Waals surface area contributed by atoms with Crippen LogP contribution >= 0.6 is 0 Å². The number of anilines is 1. The smallest absolute Gasteiger partial charge is 0.225 e. The molecule has 1 amide bonds. The number of aryl methyl sites for hydroxylation is 2. The maximum absolute atomic E-state index is 12.7. The quantitative estimate of drug-likeness (QED) is 0.614. The van der Waals surface area contributed by atoms with Crippen molar-refractivity contribution in [2.24, 2.45) is 5.92 Å². The van der Waals surface area contributed by atoms with Gasteiger partial charge in [0.1, 0.15) is 17.4 Å². The number of amides is 1. The summed E-state index contributed by atoms with van der Waals surface area (Å²) in [6.07, 6.45) is 4.03. The number of hydrogen-bond acceptors (Lipinski definition) is 6. The summed E-state index contributed by atoms with van der Waals surface area (Å²) in [5.74, 6) is 3.13. The van der Waals surface area contributed by atoms with E-state index in [0.717, 1.165) is 85.2 Å². The van der Waals surface area contributed by atoms with Crippen LogP contribution in [0.15, 0.2) is 24.3 Å². The number of carbonyl (C=O) groups excluding carboxylic acids is 1. The predicted molar refractivity (Wildman–Crippen MR) is 123 cm³/mol. The van der Waals surface area contributed by atoms with E-state index in [0.29, 0.717) is 5.91 Å². The molecule has 2 fully saturated rings. The lowest BCUT2D eigenvalue weighted by molar-refractivity contribution is -0.138. The van der Waals surface area contributed by atoms with Gasteiger partial charge < -0.3 is 14.5 Å². The highest BCUT2D eigenvalue weighted by atomic mass is 16.5. The van der Waals surface area contributed by atoms with Gasteiger partial charge in [0.15, 0.2) is 5.65 Å². The molecule has 0 spiro atoms. The molecule has 3 heterocycles. The van der Waals surface area contributed by atoms with Gasteiger partial charge in [0.25, 0.3) is 0 Å². The van der Waals surface area contributed by atoms with Crippen LogP contribution in [0, 0.1) is 12.8 Å². The van der Waals surface area contributed by atoms with E-state index in [1.54, 1.807) is 7.11 Å². The largest absolute Gasteiger partial charge is 0.497 e. The molecular weight excluding hydrogens is 404 g/mol. The molecule has 0 unspecified atom stereocenters. The van der Waals surface area contributed by atoms with E-state index in [9.17, 15) is 4.79 Å². The van der Waals surface area contributed by atoms with Crippen molar-refractivity contribution >= 4 is 22.8 Å². The van der Waals surface area contributed by atoms with Gasteiger partial charge in [0, 0.05) is 38.5 Å². The van der Waals surface area contributed by atoms with Gasteiger partial charge in [-0.3, -0.25) is 4.79 Å². The first-order valence-corrected chi connectivity index (χ1v) is 11.5. The topological polar surface area (TPSA) is 76.4 Å². The lowest BCUT2D eigenvalue weighted by atomic mass is 9.84. The molecule has 8 nitrogen and oxygen atoms in total. The zero-order valence-electron chi connectivity index (χ0n) is 19.0. The van der Waals surface area contributed by atoms with E-state index in [2.05, 4.69) is 11.8 Å². The molecule has 2 aromatic heterocycles. The van der Waals surface area contributed by atoms with Crippen LogP contribution in [0.1, 0.15) is 37.7 Å². The van der Waals surface area contributed by atoms with Gasteiger partial charge in [0.05, 0.1) is 23.9 Å². The van der Waals surface area contributed by atoms with Crippen LogP contribution in [0.3, 0.4) is 0 Å². The third-order valence-corrected chi connectivity index (χ3v) is 6.71. The average molecular weight is 435 g/mol. The van der Waals surface area contributed by atoms with Crippen LogP contribution in [0.5, 0.6) is 5.75 Å². The number of carbonyl (C=O) groups is 1. The Morgan fingerprint density at radius 3 is 2.41 bits per heavy atom. The van der Waals surface area contributed by atoms with Crippen LogP contribution in [-0.4, -0.2) is 63.8 Å². The second kappa shape index (κ2) is 8.41. The van der Waals surface area contributed by atoms with Gasteiger partial charge in [-0.15, -0.1) is 0 Å². The third-order valence-electron chi connectivity index (χ3n) is 6.71. The number of hydrogen-bond donors (Lipinski definition) is 0. The summed E-state index contributed by atoms with van der Waals surface area (Å²) in [6, 6.07) is 7.84. The molecular formula is C24H30N6O2. The maximum Gasteiger partial charge on any atom is 0.225 e. The molecule has 8 heteroatoms. The molecule has 0 bridgehead atoms. The van der Waals surface area contributed by atoms with Crippen molar-refractivity contribution in [3.63, 3.8) is 0 Å². The van der Waals surface area contributed by atoms with E-state index in [-0.39, 0.29) is 5.92 Å². The summed E-state index contributed by atoms with van der Waals surface area (Å²) in [6.45, 7) is 7.13. The first-order valence-electron chi connectivity index (χ1n) is 11.5. The van der Waals surface area contributed by atoms with Crippen molar-refractivity contribution in [2.75, 3.05) is 38.2 Å². The van der Waals surface area contributed by atoms with Gasteiger partial charge in [-0.1, -0.05) is 13.3 Å². The Balaban J connectivity index is 1.48. The van der Waals surface area contributed by atoms with Crippen molar-refractivity contribution in [3.8, 4) is 11.4 Å². The Kier molecular flexibility index (Phi) is 5.45. The molecule has 1 saturated carbocycles. The van der Waals surface area contributed by atoms with Crippen LogP contribution in [0.4, 0.5) is 5.82 Å². The van der Waals surface area contributed by atoms with E-state index in [1.165, 1.54) is 6.42 Å². The Morgan fingerprint density at radius 2 is 1.81 bits per heavy atom. The minimum atomic E-state index is 0.254. The standard InChI is InChI=1S/C24H30N6O2/c1-4-20-25-22(28-12-14-29(15-13-28)24(31)17-6-5-7-17)21-16(2)27-30(23(21)26-20)18-8-10-19(32-3)11-9-18/h8-11,17H,4-7,12-15H2,1-3H3. The molecule has 1 saturated heterocycles. The van der Waals surface area contributed by atoms with E-state index in [1.807, 2.05) is 40.8 Å². The molecule has 32 heavy (non-hydrogen) atoms. The van der Waals surface area contributed by atoms with Gasteiger partial charge in [-0.05, 0) is 44.0 Å². The summed E-state index contributed by atoms with van der Waals surface area (Å²) in [4.78, 5) is 26.7. The number of ether oxygens (including phenoxy) is 1. The molecule has 2 aliphatic rings. The highest BCUT2D eigenvalue weighted by Crippen LogP contribution is 2.32. The lowest BCUT2D eigenvalue weighted by Gasteiger charge is -2.38. The minimum absolute atomic E-state index is 0.254. The van der Waals surface area contributed by atoms with Crippen molar-refractivity contribution in [3.05, 3.63) is 35.8 Å². The number of benzene rings is 1. The average Bonchev–Trinajstić information content (AvgIpc) is 3.13. The molecule has 1 aromatic carbocycles. The Hall–Kier alpha value is -3.16. The second-order valence-corrected chi connectivity index (χ2v) is 8.65. The minimum Gasteiger partial charge on any atom is -0.497 e. The maximum atomic E-state index is 12.7. The van der Waals surface area contributed by atoms with Crippen molar-refractivity contribution in [1.29, 1.82) is 0 Å². The number of fused-ring (bicyclic) bond motifs is 1. The number of aromatic nitrogens is 4. The van der Waals surface area contributed by atoms with Crippen LogP contribution < -0.4 is 9.64 Å². The first-order chi connectivity index (χ1) is 15.6. The third kappa shape index (κ3) is 3.57. The summed E-state index contributed by atoms with van der Waals surface area (Å²) in [5, 5.41) is 5.80. The molecule has 168 valence electrons. The van der Waals surface area contributed by atoms with E-state index >= 15 is 0 Å². The van der Waals surface area contributed by atoms with Crippen LogP contribution in [0.2, 0.25) is 0 Å². The first kappa shape index (κ1) is 20.7. The molecule has 0 atom stereocenters. The molecule has 3 aromatic rings. The van der Waals surface area contributed by atoms with Crippen molar-refractivity contribution < 1.29 is 9.53 Å². The number of methoxy groups -OCH3 is 1. The molecule has 0 N–H and O–H groups in total. The number of piperazine rings is 1. The van der Waals surface area contributed by atoms with Crippen molar-refractivity contribution in [2.45, 2.75) is 39.5 Å². The molecule has 5 rings (SSSR count). The number of nitrogens with zero attached hydrogens (tertiary/aromatic N) is 6. The molecule has 1 aliphatic carbocycles. The fraction of sp³-hybridized carbons (Fsp3) is 0.500. The Labute approximate surface area is 188 Å².